The summed E-state index contributed by atoms with van der Waals surface area (Å²) in [5, 5.41) is 15.2. The number of hydrogen-bond donors (Lipinski definition) is 5. The fourth-order valence-corrected chi connectivity index (χ4v) is 5.62. The first-order valence-electron chi connectivity index (χ1n) is 16.3. The third-order valence-electron chi connectivity index (χ3n) is 8.10. The molecule has 0 aliphatic rings. The van der Waals surface area contributed by atoms with Crippen LogP contribution >= 0.6 is 0 Å². The summed E-state index contributed by atoms with van der Waals surface area (Å²) in [4.78, 5) is 34.4. The van der Waals surface area contributed by atoms with E-state index in [2.05, 4.69) is 49.4 Å². The number of imidazole rings is 1. The van der Waals surface area contributed by atoms with E-state index in [-0.39, 0.29) is 17.9 Å². The molecular formula is C38H44N6O3. The standard InChI is InChI=1S/C38H44N6O3/c1-3-47-35-16-7-5-11-31(35)25-39-21-9-15-34(38(46)43-27(2)32-14-8-12-29-10-4-6-13-33(29)32)44-37(45)30-19-17-28(18-20-30)24-40-26-36-41-22-23-42-36/h4-8,10-14,16-20,22-23,27,34,39-40H,3,9,15,21,24-26H2,1-2H3,(H,41,42)(H,43,46)(H,44,45)/t27-,34-/m0/s1. The van der Waals surface area contributed by atoms with Crippen molar-refractivity contribution in [1.82, 2.24) is 31.2 Å². The number of benzene rings is 4. The first kappa shape index (κ1) is 33.4. The number of H-pyrrole nitrogens is 1. The molecule has 2 atom stereocenters. The number of para-hydroxylation sites is 1. The predicted molar refractivity (Wildman–Crippen MR) is 186 cm³/mol. The monoisotopic (exact) mass is 632 g/mol. The molecule has 0 bridgehead atoms. The van der Waals surface area contributed by atoms with E-state index in [1.807, 2.05) is 74.5 Å². The summed E-state index contributed by atoms with van der Waals surface area (Å²) < 4.78 is 5.74. The first-order valence-corrected chi connectivity index (χ1v) is 16.3. The van der Waals surface area contributed by atoms with E-state index in [0.717, 1.165) is 39.0 Å². The lowest BCUT2D eigenvalue weighted by Crippen LogP contribution is -2.47. The quantitative estimate of drug-likeness (QED) is 0.0828. The van der Waals surface area contributed by atoms with E-state index < -0.39 is 6.04 Å². The van der Waals surface area contributed by atoms with Crippen LogP contribution in [0.3, 0.4) is 0 Å². The summed E-state index contributed by atoms with van der Waals surface area (Å²) in [6, 6.07) is 28.7. The number of carbonyl (C=O) groups excluding carboxylic acids is 2. The summed E-state index contributed by atoms with van der Waals surface area (Å²) in [5.74, 6) is 1.25. The minimum absolute atomic E-state index is 0.209. The normalized spacial score (nSPS) is 12.4. The topological polar surface area (TPSA) is 120 Å². The molecule has 9 heteroatoms. The Kier molecular flexibility index (Phi) is 12.1. The molecule has 5 N–H and O–H groups in total. The number of nitrogens with one attached hydrogen (secondary N) is 5. The van der Waals surface area contributed by atoms with Crippen molar-refractivity contribution in [2.45, 2.75) is 58.4 Å². The third kappa shape index (κ3) is 9.51. The van der Waals surface area contributed by atoms with Crippen molar-refractivity contribution >= 4 is 22.6 Å². The maximum Gasteiger partial charge on any atom is 0.251 e. The lowest BCUT2D eigenvalue weighted by Gasteiger charge is -2.23. The summed E-state index contributed by atoms with van der Waals surface area (Å²) in [6.45, 7) is 7.16. The van der Waals surface area contributed by atoms with E-state index in [1.165, 1.54) is 0 Å². The van der Waals surface area contributed by atoms with Crippen molar-refractivity contribution in [2.75, 3.05) is 13.2 Å². The highest BCUT2D eigenvalue weighted by Crippen LogP contribution is 2.24. The zero-order valence-electron chi connectivity index (χ0n) is 27.1. The number of hydrogen-bond acceptors (Lipinski definition) is 6. The van der Waals surface area contributed by atoms with Crippen LogP contribution in [0.15, 0.2) is 103 Å². The van der Waals surface area contributed by atoms with E-state index in [9.17, 15) is 9.59 Å². The van der Waals surface area contributed by atoms with Crippen LogP contribution in [0.2, 0.25) is 0 Å². The van der Waals surface area contributed by atoms with Gasteiger partial charge in [0.1, 0.15) is 17.6 Å². The zero-order chi connectivity index (χ0) is 32.8. The van der Waals surface area contributed by atoms with Gasteiger partial charge in [0, 0.05) is 36.6 Å². The van der Waals surface area contributed by atoms with E-state index in [4.69, 9.17) is 4.74 Å². The van der Waals surface area contributed by atoms with Crippen molar-refractivity contribution in [1.29, 1.82) is 0 Å². The van der Waals surface area contributed by atoms with Gasteiger partial charge in [0.15, 0.2) is 0 Å². The Morgan fingerprint density at radius 1 is 0.851 bits per heavy atom. The lowest BCUT2D eigenvalue weighted by atomic mass is 9.99. The van der Waals surface area contributed by atoms with E-state index >= 15 is 0 Å². The van der Waals surface area contributed by atoms with E-state index in [1.54, 1.807) is 24.5 Å². The van der Waals surface area contributed by atoms with Crippen LogP contribution in [-0.2, 0) is 24.4 Å². The molecule has 244 valence electrons. The van der Waals surface area contributed by atoms with Crippen molar-refractivity contribution in [3.63, 3.8) is 0 Å². The summed E-state index contributed by atoms with van der Waals surface area (Å²) in [5.41, 5.74) is 3.67. The number of rotatable bonds is 17. The Bertz CT molecular complexity index is 1720. The molecule has 0 fully saturated rings. The number of aromatic amines is 1. The lowest BCUT2D eigenvalue weighted by molar-refractivity contribution is -0.123. The highest BCUT2D eigenvalue weighted by molar-refractivity contribution is 5.97. The van der Waals surface area contributed by atoms with E-state index in [0.29, 0.717) is 51.2 Å². The molecule has 1 aromatic heterocycles. The molecule has 5 aromatic rings. The van der Waals surface area contributed by atoms with Crippen LogP contribution in [0, 0.1) is 0 Å². The second-order valence-corrected chi connectivity index (χ2v) is 11.5. The number of carbonyl (C=O) groups is 2. The van der Waals surface area contributed by atoms with Crippen molar-refractivity contribution in [3.8, 4) is 5.75 Å². The fraction of sp³-hybridized carbons (Fsp3) is 0.289. The minimum atomic E-state index is -0.702. The van der Waals surface area contributed by atoms with Crippen LogP contribution < -0.4 is 26.0 Å². The van der Waals surface area contributed by atoms with Crippen LogP contribution in [0.25, 0.3) is 10.8 Å². The average Bonchev–Trinajstić information content (AvgIpc) is 3.62. The fourth-order valence-electron chi connectivity index (χ4n) is 5.62. The predicted octanol–water partition coefficient (Wildman–Crippen LogP) is 5.80. The Hall–Kier alpha value is -4.99. The second kappa shape index (κ2) is 17.1. The molecule has 2 amide bonds. The van der Waals surface area contributed by atoms with Gasteiger partial charge in [0.2, 0.25) is 5.91 Å². The van der Waals surface area contributed by atoms with Gasteiger partial charge in [-0.1, -0.05) is 72.8 Å². The molecule has 0 aliphatic heterocycles. The van der Waals surface area contributed by atoms with Gasteiger partial charge in [-0.05, 0) is 73.3 Å². The molecule has 4 aromatic carbocycles. The number of ether oxygens (including phenoxy) is 1. The molecule has 0 saturated heterocycles. The molecule has 47 heavy (non-hydrogen) atoms. The van der Waals surface area contributed by atoms with Gasteiger partial charge in [-0.3, -0.25) is 9.59 Å². The molecule has 1 heterocycles. The molecule has 9 nitrogen and oxygen atoms in total. The van der Waals surface area contributed by atoms with Crippen LogP contribution in [0.4, 0.5) is 0 Å². The third-order valence-corrected chi connectivity index (χ3v) is 8.10. The largest absolute Gasteiger partial charge is 0.494 e. The minimum Gasteiger partial charge on any atom is -0.494 e. The number of amides is 2. The number of aromatic nitrogens is 2. The summed E-state index contributed by atoms with van der Waals surface area (Å²) in [6.07, 6.45) is 4.69. The Labute approximate surface area is 276 Å². The molecule has 5 rings (SSSR count). The highest BCUT2D eigenvalue weighted by Gasteiger charge is 2.23. The summed E-state index contributed by atoms with van der Waals surface area (Å²) >= 11 is 0. The van der Waals surface area contributed by atoms with Crippen LogP contribution in [0.1, 0.15) is 65.6 Å². The maximum absolute atomic E-state index is 13.7. The Balaban J connectivity index is 1.21. The molecular weight excluding hydrogens is 588 g/mol. The van der Waals surface area contributed by atoms with Gasteiger partial charge in [-0.2, -0.15) is 0 Å². The molecule has 0 aliphatic carbocycles. The SMILES string of the molecule is CCOc1ccccc1CNCCC[C@H](NC(=O)c1ccc(CNCc2ncc[nH]2)cc1)C(=O)N[C@@H](C)c1cccc2ccccc12. The van der Waals surface area contributed by atoms with Crippen LogP contribution in [0.5, 0.6) is 5.75 Å². The smallest absolute Gasteiger partial charge is 0.251 e. The number of fused-ring (bicyclic) bond motifs is 1. The van der Waals surface area contributed by atoms with Crippen molar-refractivity contribution in [2.24, 2.45) is 0 Å². The van der Waals surface area contributed by atoms with Crippen LogP contribution in [-0.4, -0.2) is 41.0 Å². The van der Waals surface area contributed by atoms with Gasteiger partial charge >= 0.3 is 0 Å². The Morgan fingerprint density at radius 3 is 2.45 bits per heavy atom. The van der Waals surface area contributed by atoms with Gasteiger partial charge in [0.05, 0.1) is 19.2 Å². The zero-order valence-corrected chi connectivity index (χ0v) is 27.1. The van der Waals surface area contributed by atoms with Gasteiger partial charge in [-0.15, -0.1) is 0 Å². The van der Waals surface area contributed by atoms with Crippen molar-refractivity contribution < 1.29 is 14.3 Å². The van der Waals surface area contributed by atoms with Gasteiger partial charge in [-0.25, -0.2) is 4.98 Å². The second-order valence-electron chi connectivity index (χ2n) is 11.5. The average molecular weight is 633 g/mol. The van der Waals surface area contributed by atoms with Gasteiger partial charge < -0.3 is 31.0 Å². The number of nitrogens with zero attached hydrogens (tertiary/aromatic N) is 1. The Morgan fingerprint density at radius 2 is 1.64 bits per heavy atom. The first-order chi connectivity index (χ1) is 23.0. The van der Waals surface area contributed by atoms with Crippen molar-refractivity contribution in [3.05, 3.63) is 131 Å². The van der Waals surface area contributed by atoms with Gasteiger partial charge in [0.25, 0.3) is 5.91 Å². The maximum atomic E-state index is 13.7. The highest BCUT2D eigenvalue weighted by atomic mass is 16.5. The molecule has 0 radical (unpaired) electrons. The molecule has 0 saturated carbocycles. The molecule has 0 unspecified atom stereocenters. The molecule has 0 spiro atoms. The summed E-state index contributed by atoms with van der Waals surface area (Å²) in [7, 11) is 0.